The molecule has 16 heavy (non-hydrogen) atoms. The van der Waals surface area contributed by atoms with E-state index < -0.39 is 0 Å². The van der Waals surface area contributed by atoms with Crippen LogP contribution in [0.2, 0.25) is 0 Å². The van der Waals surface area contributed by atoms with Crippen LogP contribution in [0.3, 0.4) is 0 Å². The maximum absolute atomic E-state index is 9.50. The van der Waals surface area contributed by atoms with Crippen molar-refractivity contribution in [3.8, 4) is 5.75 Å². The predicted octanol–water partition coefficient (Wildman–Crippen LogP) is 3.14. The zero-order valence-electron chi connectivity index (χ0n) is 8.50. The minimum atomic E-state index is 0. The van der Waals surface area contributed by atoms with Crippen LogP contribution in [-0.4, -0.2) is 11.3 Å². The molecule has 0 aliphatic heterocycles. The molecule has 2 aromatic carbocycles. The number of aromatic hydroxyl groups is 1. The van der Waals surface area contributed by atoms with Gasteiger partial charge in [0.05, 0.1) is 5.69 Å². The van der Waals surface area contributed by atoms with Gasteiger partial charge in [0.2, 0.25) is 0 Å². The van der Waals surface area contributed by atoms with Gasteiger partial charge in [-0.2, -0.15) is 0 Å². The van der Waals surface area contributed by atoms with Crippen molar-refractivity contribution < 1.29 is 21.9 Å². The summed E-state index contributed by atoms with van der Waals surface area (Å²) >= 11 is 0. The molecule has 2 nitrogen and oxygen atoms in total. The topological polar surface area (TPSA) is 32.6 Å². The van der Waals surface area contributed by atoms with E-state index in [2.05, 4.69) is 4.99 Å². The van der Waals surface area contributed by atoms with Crippen LogP contribution >= 0.6 is 0 Å². The molecule has 0 aliphatic rings. The molecule has 1 N–H and O–H groups in total. The molecular weight excluding hydrogens is 245 g/mol. The number of phenolic OH excluding ortho intramolecular Hbond substituents is 1. The van der Waals surface area contributed by atoms with Crippen molar-refractivity contribution in [3.05, 3.63) is 60.2 Å². The van der Waals surface area contributed by atoms with Crippen LogP contribution in [0.25, 0.3) is 0 Å². The normalized spacial score (nSPS) is 10.0. The molecule has 0 heterocycles. The Hall–Kier alpha value is -1.58. The van der Waals surface area contributed by atoms with Crippen LogP contribution in [0.1, 0.15) is 5.56 Å². The largest absolute Gasteiger partial charge is 0.507 e. The van der Waals surface area contributed by atoms with E-state index in [9.17, 15) is 5.11 Å². The van der Waals surface area contributed by atoms with Crippen molar-refractivity contribution in [2.45, 2.75) is 0 Å². The fourth-order valence-electron chi connectivity index (χ4n) is 1.25. The van der Waals surface area contributed by atoms with Crippen molar-refractivity contribution >= 4 is 11.9 Å². The number of hydrogen-bond donors (Lipinski definition) is 1. The van der Waals surface area contributed by atoms with Crippen molar-refractivity contribution in [2.75, 3.05) is 0 Å². The molecule has 2 rings (SSSR count). The Morgan fingerprint density at radius 3 is 2.19 bits per heavy atom. The van der Waals surface area contributed by atoms with E-state index in [0.29, 0.717) is 0 Å². The molecule has 0 bridgehead atoms. The van der Waals surface area contributed by atoms with Gasteiger partial charge in [-0.25, -0.2) is 0 Å². The number of nitrogens with zero attached hydrogens (tertiary/aromatic N) is 1. The van der Waals surface area contributed by atoms with E-state index in [1.54, 1.807) is 18.3 Å². The van der Waals surface area contributed by atoms with E-state index in [1.165, 1.54) is 0 Å². The molecule has 83 valence electrons. The van der Waals surface area contributed by atoms with Crippen LogP contribution in [0.5, 0.6) is 5.75 Å². The Morgan fingerprint density at radius 2 is 1.50 bits per heavy atom. The number of benzene rings is 2. The fourth-order valence-corrected chi connectivity index (χ4v) is 1.25. The summed E-state index contributed by atoms with van der Waals surface area (Å²) in [6.07, 6.45) is 1.66. The van der Waals surface area contributed by atoms with E-state index >= 15 is 0 Å². The zero-order chi connectivity index (χ0) is 10.5. The molecule has 1 radical (unpaired) electrons. The van der Waals surface area contributed by atoms with Gasteiger partial charge in [0.15, 0.2) is 0 Å². The molecule has 2 aromatic rings. The summed E-state index contributed by atoms with van der Waals surface area (Å²) in [6, 6.07) is 16.7. The number of para-hydroxylation sites is 2. The average molecular weight is 256 g/mol. The van der Waals surface area contributed by atoms with E-state index in [1.807, 2.05) is 42.5 Å². The summed E-state index contributed by atoms with van der Waals surface area (Å²) in [5, 5.41) is 9.50. The Bertz CT molecular complexity index is 468. The summed E-state index contributed by atoms with van der Waals surface area (Å²) in [7, 11) is 0. The Morgan fingerprint density at radius 1 is 0.875 bits per heavy atom. The Labute approximate surface area is 105 Å². The van der Waals surface area contributed by atoms with E-state index in [-0.39, 0.29) is 22.5 Å². The van der Waals surface area contributed by atoms with Gasteiger partial charge in [0.25, 0.3) is 0 Å². The van der Waals surface area contributed by atoms with Crippen LogP contribution in [0, 0.1) is 0 Å². The molecule has 0 aromatic heterocycles. The molecule has 3 heteroatoms. The van der Waals surface area contributed by atoms with Gasteiger partial charge >= 0.3 is 0 Å². The van der Waals surface area contributed by atoms with Crippen molar-refractivity contribution in [2.24, 2.45) is 4.99 Å². The van der Waals surface area contributed by atoms with Gasteiger partial charge in [0.1, 0.15) is 5.75 Å². The van der Waals surface area contributed by atoms with Gasteiger partial charge in [-0.1, -0.05) is 30.3 Å². The fraction of sp³-hybridized carbons (Fsp3) is 0. The first-order valence-electron chi connectivity index (χ1n) is 4.73. The molecule has 0 saturated heterocycles. The van der Waals surface area contributed by atoms with Crippen LogP contribution < -0.4 is 0 Å². The SMILES string of the molecule is Oc1ccccc1C=Nc1ccccc1.[Co]. The Kier molecular flexibility index (Phi) is 4.76. The molecule has 0 spiro atoms. The molecule has 0 aliphatic carbocycles. The number of phenols is 1. The van der Waals surface area contributed by atoms with Crippen LogP contribution in [-0.2, 0) is 16.8 Å². The van der Waals surface area contributed by atoms with Gasteiger partial charge < -0.3 is 5.11 Å². The number of aliphatic imine (C=N–C) groups is 1. The van der Waals surface area contributed by atoms with Gasteiger partial charge in [-0.05, 0) is 24.3 Å². The molecule has 0 fully saturated rings. The number of rotatable bonds is 2. The van der Waals surface area contributed by atoms with Crippen molar-refractivity contribution in [1.82, 2.24) is 0 Å². The second-order valence-corrected chi connectivity index (χ2v) is 3.15. The first-order valence-corrected chi connectivity index (χ1v) is 4.73. The molecule has 0 saturated carbocycles. The minimum Gasteiger partial charge on any atom is -0.507 e. The second kappa shape index (κ2) is 6.10. The first-order chi connectivity index (χ1) is 7.36. The Balaban J connectivity index is 0.00000128. The third kappa shape index (κ3) is 3.22. The molecule has 0 atom stereocenters. The van der Waals surface area contributed by atoms with Crippen molar-refractivity contribution in [1.29, 1.82) is 0 Å². The van der Waals surface area contributed by atoms with Gasteiger partial charge in [-0.3, -0.25) is 4.99 Å². The summed E-state index contributed by atoms with van der Waals surface area (Å²) < 4.78 is 0. The molecule has 0 unspecified atom stereocenters. The predicted molar refractivity (Wildman–Crippen MR) is 61.8 cm³/mol. The third-order valence-electron chi connectivity index (χ3n) is 2.05. The van der Waals surface area contributed by atoms with Crippen LogP contribution in [0.4, 0.5) is 5.69 Å². The second-order valence-electron chi connectivity index (χ2n) is 3.15. The smallest absolute Gasteiger partial charge is 0.124 e. The molecule has 0 amide bonds. The summed E-state index contributed by atoms with van der Waals surface area (Å²) in [4.78, 5) is 4.25. The van der Waals surface area contributed by atoms with E-state index in [4.69, 9.17) is 0 Å². The van der Waals surface area contributed by atoms with Crippen molar-refractivity contribution in [3.63, 3.8) is 0 Å². The zero-order valence-corrected chi connectivity index (χ0v) is 9.54. The monoisotopic (exact) mass is 256 g/mol. The summed E-state index contributed by atoms with van der Waals surface area (Å²) in [5.41, 5.74) is 1.60. The minimum absolute atomic E-state index is 0. The van der Waals surface area contributed by atoms with Gasteiger partial charge in [0, 0.05) is 28.6 Å². The standard InChI is InChI=1S/C13H11NO.Co/c15-13-9-5-4-6-11(13)10-14-12-7-2-1-3-8-12;/h1-10,15H;. The summed E-state index contributed by atoms with van der Waals surface area (Å²) in [5.74, 6) is 0.247. The third-order valence-corrected chi connectivity index (χ3v) is 2.05. The maximum Gasteiger partial charge on any atom is 0.124 e. The maximum atomic E-state index is 9.50. The molecular formula is C13H11CoNO. The first kappa shape index (κ1) is 12.5. The average Bonchev–Trinajstić information content (AvgIpc) is 2.29. The number of hydrogen-bond acceptors (Lipinski definition) is 2. The van der Waals surface area contributed by atoms with Gasteiger partial charge in [-0.15, -0.1) is 0 Å². The van der Waals surface area contributed by atoms with E-state index in [0.717, 1.165) is 11.3 Å². The van der Waals surface area contributed by atoms with Crippen LogP contribution in [0.15, 0.2) is 59.6 Å². The quantitative estimate of drug-likeness (QED) is 0.822. The summed E-state index contributed by atoms with van der Waals surface area (Å²) in [6.45, 7) is 0.